The van der Waals surface area contributed by atoms with Gasteiger partial charge in [-0.3, -0.25) is 14.4 Å². The van der Waals surface area contributed by atoms with Crippen molar-refractivity contribution in [3.8, 4) is 0 Å². The Bertz CT molecular complexity index is 849. The first kappa shape index (κ1) is 20.7. The van der Waals surface area contributed by atoms with Gasteiger partial charge in [-0.25, -0.2) is 4.98 Å². The van der Waals surface area contributed by atoms with Crippen LogP contribution in [0.25, 0.3) is 0 Å². The number of amides is 1. The predicted octanol–water partition coefficient (Wildman–Crippen LogP) is 2.02. The Morgan fingerprint density at radius 3 is 2.63 bits per heavy atom. The summed E-state index contributed by atoms with van der Waals surface area (Å²) in [5.74, 6) is -0.556. The number of nitrogens with zero attached hydrogens (tertiary/aromatic N) is 1. The number of methoxy groups -OCH3 is 1. The molecule has 0 saturated carbocycles. The number of aromatic nitrogens is 2. The molecule has 1 amide bonds. The summed E-state index contributed by atoms with van der Waals surface area (Å²) in [5.41, 5.74) is 2.20. The summed E-state index contributed by atoms with van der Waals surface area (Å²) in [6, 6.07) is 9.23. The molecule has 1 aromatic carbocycles. The fourth-order valence-electron chi connectivity index (χ4n) is 2.40. The molecule has 0 bridgehead atoms. The van der Waals surface area contributed by atoms with Gasteiger partial charge in [0.2, 0.25) is 5.91 Å². The summed E-state index contributed by atoms with van der Waals surface area (Å²) in [4.78, 5) is 41.9. The van der Waals surface area contributed by atoms with Crippen LogP contribution < -0.4 is 10.9 Å². The highest BCUT2D eigenvalue weighted by Crippen LogP contribution is 2.15. The molecule has 2 aromatic rings. The van der Waals surface area contributed by atoms with E-state index in [1.54, 1.807) is 0 Å². The first-order chi connectivity index (χ1) is 12.9. The van der Waals surface area contributed by atoms with Gasteiger partial charge in [0, 0.05) is 6.07 Å². The molecule has 0 aliphatic carbocycles. The highest BCUT2D eigenvalue weighted by molar-refractivity contribution is 7.99. The predicted molar refractivity (Wildman–Crippen MR) is 104 cm³/mol. The van der Waals surface area contributed by atoms with Gasteiger partial charge in [-0.2, -0.15) is 0 Å². The van der Waals surface area contributed by atoms with E-state index in [9.17, 15) is 14.4 Å². The van der Waals surface area contributed by atoms with Crippen LogP contribution in [0, 0.1) is 0 Å². The third-order valence-corrected chi connectivity index (χ3v) is 4.80. The second-order valence-electron chi connectivity index (χ2n) is 5.97. The largest absolute Gasteiger partial charge is 0.469 e. The fourth-order valence-corrected chi connectivity index (χ4v) is 3.11. The third kappa shape index (κ3) is 6.56. The highest BCUT2D eigenvalue weighted by atomic mass is 32.2. The van der Waals surface area contributed by atoms with Crippen molar-refractivity contribution >= 4 is 23.6 Å². The molecular weight excluding hydrogens is 366 g/mol. The number of hydrogen-bond acceptors (Lipinski definition) is 6. The monoisotopic (exact) mass is 389 g/mol. The lowest BCUT2D eigenvalue weighted by atomic mass is 10.1. The Hall–Kier alpha value is -2.61. The van der Waals surface area contributed by atoms with Gasteiger partial charge in [0.1, 0.15) is 0 Å². The van der Waals surface area contributed by atoms with Crippen molar-refractivity contribution in [1.29, 1.82) is 0 Å². The number of nitrogens with one attached hydrogen (secondary N) is 2. The lowest BCUT2D eigenvalue weighted by Crippen LogP contribution is -2.28. The molecule has 0 unspecified atom stereocenters. The van der Waals surface area contributed by atoms with Crippen molar-refractivity contribution in [2.24, 2.45) is 0 Å². The summed E-state index contributed by atoms with van der Waals surface area (Å²) in [6.07, 6.45) is 0.878. The van der Waals surface area contributed by atoms with Crippen molar-refractivity contribution in [3.63, 3.8) is 0 Å². The number of hydrogen-bond donors (Lipinski definition) is 2. The van der Waals surface area contributed by atoms with Crippen molar-refractivity contribution < 1.29 is 14.3 Å². The SMILES string of the molecule is CCc1ccc([C@H](C)NC(=O)CSc2nc(CC(=O)OC)cc(=O)[nH]2)cc1. The second kappa shape index (κ2) is 9.91. The minimum atomic E-state index is -0.482. The van der Waals surface area contributed by atoms with Gasteiger partial charge in [0.25, 0.3) is 5.56 Å². The number of carbonyl (C=O) groups is 2. The molecule has 8 heteroatoms. The average molecular weight is 389 g/mol. The van der Waals surface area contributed by atoms with E-state index in [0.29, 0.717) is 5.69 Å². The third-order valence-electron chi connectivity index (χ3n) is 3.93. The topological polar surface area (TPSA) is 101 Å². The number of benzene rings is 1. The van der Waals surface area contributed by atoms with E-state index in [-0.39, 0.29) is 34.8 Å². The Morgan fingerprint density at radius 1 is 1.30 bits per heavy atom. The zero-order valence-electron chi connectivity index (χ0n) is 15.6. The zero-order chi connectivity index (χ0) is 19.8. The molecular formula is C19H23N3O4S. The smallest absolute Gasteiger partial charge is 0.311 e. The van der Waals surface area contributed by atoms with Crippen molar-refractivity contribution in [2.45, 2.75) is 37.9 Å². The molecule has 1 aromatic heterocycles. The van der Waals surface area contributed by atoms with Crippen molar-refractivity contribution in [1.82, 2.24) is 15.3 Å². The molecule has 2 rings (SSSR count). The molecule has 2 N–H and O–H groups in total. The molecule has 0 spiro atoms. The molecule has 27 heavy (non-hydrogen) atoms. The maximum Gasteiger partial charge on any atom is 0.311 e. The quantitative estimate of drug-likeness (QED) is 0.407. The van der Waals surface area contributed by atoms with Crippen LogP contribution in [-0.4, -0.2) is 34.7 Å². The Kier molecular flexibility index (Phi) is 7.60. The molecule has 0 aliphatic heterocycles. The first-order valence-electron chi connectivity index (χ1n) is 8.59. The van der Waals surface area contributed by atoms with E-state index in [0.717, 1.165) is 23.7 Å². The number of carbonyl (C=O) groups excluding carboxylic acids is 2. The van der Waals surface area contributed by atoms with Crippen LogP contribution in [-0.2, 0) is 27.2 Å². The second-order valence-corrected chi connectivity index (χ2v) is 6.93. The molecule has 1 heterocycles. The minimum absolute atomic E-state index is 0.0923. The van der Waals surface area contributed by atoms with E-state index in [4.69, 9.17) is 0 Å². The maximum atomic E-state index is 12.2. The van der Waals surface area contributed by atoms with E-state index >= 15 is 0 Å². The fraction of sp³-hybridized carbons (Fsp3) is 0.368. The molecule has 1 atom stereocenters. The summed E-state index contributed by atoms with van der Waals surface area (Å²) in [5, 5.41) is 3.21. The van der Waals surface area contributed by atoms with E-state index < -0.39 is 5.97 Å². The van der Waals surface area contributed by atoms with Crippen LogP contribution in [0.4, 0.5) is 0 Å². The number of esters is 1. The lowest BCUT2D eigenvalue weighted by Gasteiger charge is -2.14. The number of thioether (sulfide) groups is 1. The van der Waals surface area contributed by atoms with Crippen LogP contribution in [0.5, 0.6) is 0 Å². The van der Waals surface area contributed by atoms with E-state index in [1.807, 2.05) is 31.2 Å². The normalized spacial score (nSPS) is 11.7. The van der Waals surface area contributed by atoms with Gasteiger partial charge >= 0.3 is 5.97 Å². The Labute approximate surface area is 161 Å². The summed E-state index contributed by atoms with van der Waals surface area (Å²) in [7, 11) is 1.27. The maximum absolute atomic E-state index is 12.2. The molecule has 0 radical (unpaired) electrons. The van der Waals surface area contributed by atoms with Crippen LogP contribution in [0.3, 0.4) is 0 Å². The van der Waals surface area contributed by atoms with Crippen molar-refractivity contribution in [3.05, 3.63) is 57.5 Å². The summed E-state index contributed by atoms with van der Waals surface area (Å²) in [6.45, 7) is 4.01. The molecule has 0 aliphatic rings. The van der Waals surface area contributed by atoms with Gasteiger partial charge in [-0.15, -0.1) is 0 Å². The van der Waals surface area contributed by atoms with Crippen LogP contribution in [0.1, 0.15) is 36.7 Å². The molecule has 0 fully saturated rings. The van der Waals surface area contributed by atoms with Crippen LogP contribution >= 0.6 is 11.8 Å². The molecule has 0 saturated heterocycles. The average Bonchev–Trinajstić information content (AvgIpc) is 2.65. The Balaban J connectivity index is 1.92. The zero-order valence-corrected chi connectivity index (χ0v) is 16.4. The van der Waals surface area contributed by atoms with Gasteiger partial charge in [-0.05, 0) is 24.5 Å². The van der Waals surface area contributed by atoms with E-state index in [1.165, 1.54) is 18.7 Å². The first-order valence-corrected chi connectivity index (χ1v) is 9.58. The minimum Gasteiger partial charge on any atom is -0.469 e. The lowest BCUT2D eigenvalue weighted by molar-refractivity contribution is -0.139. The van der Waals surface area contributed by atoms with Crippen molar-refractivity contribution in [2.75, 3.05) is 12.9 Å². The molecule has 7 nitrogen and oxygen atoms in total. The van der Waals surface area contributed by atoms with Gasteiger partial charge in [-0.1, -0.05) is 43.0 Å². The van der Waals surface area contributed by atoms with Gasteiger partial charge in [0.15, 0.2) is 5.16 Å². The number of rotatable bonds is 8. The standard InChI is InChI=1S/C19H23N3O4S/c1-4-13-5-7-14(8-6-13)12(2)20-17(24)11-27-19-21-15(9-16(23)22-19)10-18(25)26-3/h5-9,12H,4,10-11H2,1-3H3,(H,20,24)(H,21,22,23)/t12-/m0/s1. The summed E-state index contributed by atoms with van der Waals surface area (Å²) >= 11 is 1.10. The number of aromatic amines is 1. The van der Waals surface area contributed by atoms with Crippen LogP contribution in [0.15, 0.2) is 40.3 Å². The highest BCUT2D eigenvalue weighted by Gasteiger charge is 2.12. The van der Waals surface area contributed by atoms with Crippen LogP contribution in [0.2, 0.25) is 0 Å². The van der Waals surface area contributed by atoms with E-state index in [2.05, 4.69) is 26.9 Å². The summed E-state index contributed by atoms with van der Waals surface area (Å²) < 4.78 is 4.57. The number of ether oxygens (including phenoxy) is 1. The van der Waals surface area contributed by atoms with Gasteiger partial charge in [0.05, 0.1) is 31.0 Å². The molecule has 144 valence electrons. The van der Waals surface area contributed by atoms with Gasteiger partial charge < -0.3 is 15.0 Å². The number of H-pyrrole nitrogens is 1. The Morgan fingerprint density at radius 2 is 2.00 bits per heavy atom. The number of aryl methyl sites for hydroxylation is 1.